The Hall–Kier alpha value is -2.96. The van der Waals surface area contributed by atoms with E-state index in [1.54, 1.807) is 36.4 Å². The number of aromatic nitrogens is 1. The van der Waals surface area contributed by atoms with Crippen LogP contribution >= 0.6 is 0 Å². The number of hydrogen-bond acceptors (Lipinski definition) is 5. The van der Waals surface area contributed by atoms with Gasteiger partial charge in [-0.25, -0.2) is 0 Å². The molecule has 0 saturated heterocycles. The molecular weight excluding hydrogens is 298 g/mol. The predicted molar refractivity (Wildman–Crippen MR) is 84.0 cm³/mol. The molecule has 23 heavy (non-hydrogen) atoms. The van der Waals surface area contributed by atoms with E-state index in [-0.39, 0.29) is 17.2 Å². The highest BCUT2D eigenvalue weighted by molar-refractivity contribution is 6.08. The minimum absolute atomic E-state index is 0.123. The lowest BCUT2D eigenvalue weighted by Gasteiger charge is -2.18. The highest BCUT2D eigenvalue weighted by Gasteiger charge is 2.28. The number of anilines is 1. The number of carbonyl (C=O) groups excluding carboxylic acids is 1. The molecule has 1 aliphatic heterocycles. The Kier molecular flexibility index (Phi) is 3.69. The molecule has 7 heteroatoms. The summed E-state index contributed by atoms with van der Waals surface area (Å²) in [5.74, 6) is 0.0491. The number of carbonyl (C=O) groups is 1. The summed E-state index contributed by atoms with van der Waals surface area (Å²) in [4.78, 5) is 29.2. The Bertz CT molecular complexity index is 804. The lowest BCUT2D eigenvalue weighted by Crippen LogP contribution is -2.29. The quantitative estimate of drug-likeness (QED) is 0.642. The van der Waals surface area contributed by atoms with Gasteiger partial charge in [0.05, 0.1) is 28.8 Å². The maximum absolute atomic E-state index is 12.8. The Labute approximate surface area is 132 Å². The van der Waals surface area contributed by atoms with E-state index < -0.39 is 4.92 Å². The standard InChI is InChI=1S/C16H15N3O4/c1-10-14(19(21)22)7-12(8-15(10)23-2)16(20)18-6-4-11-9-17-5-3-13(11)18/h3,5,7-9H,4,6H2,1-2H3. The van der Waals surface area contributed by atoms with Crippen LogP contribution in [0.25, 0.3) is 0 Å². The van der Waals surface area contributed by atoms with Crippen LogP contribution in [0.4, 0.5) is 11.4 Å². The van der Waals surface area contributed by atoms with E-state index in [0.717, 1.165) is 17.7 Å². The third kappa shape index (κ3) is 2.50. The molecule has 0 fully saturated rings. The average molecular weight is 313 g/mol. The molecule has 0 atom stereocenters. The zero-order valence-electron chi connectivity index (χ0n) is 12.8. The van der Waals surface area contributed by atoms with Crippen LogP contribution < -0.4 is 9.64 Å². The second kappa shape index (κ2) is 5.68. The van der Waals surface area contributed by atoms with Crippen molar-refractivity contribution in [2.24, 2.45) is 0 Å². The fourth-order valence-corrected chi connectivity index (χ4v) is 2.79. The summed E-state index contributed by atoms with van der Waals surface area (Å²) in [6.07, 6.45) is 4.09. The number of nitro benzene ring substituents is 1. The molecule has 1 amide bonds. The lowest BCUT2D eigenvalue weighted by molar-refractivity contribution is -0.385. The third-order valence-corrected chi connectivity index (χ3v) is 4.01. The van der Waals surface area contributed by atoms with Crippen LogP contribution in [0.15, 0.2) is 30.6 Å². The summed E-state index contributed by atoms with van der Waals surface area (Å²) in [5, 5.41) is 11.2. The molecule has 118 valence electrons. The molecule has 0 N–H and O–H groups in total. The Balaban J connectivity index is 2.04. The zero-order chi connectivity index (χ0) is 16.6. The molecule has 0 spiro atoms. The van der Waals surface area contributed by atoms with Crippen molar-refractivity contribution >= 4 is 17.3 Å². The van der Waals surface area contributed by atoms with Crippen LogP contribution in [-0.2, 0) is 6.42 Å². The van der Waals surface area contributed by atoms with E-state index in [1.807, 2.05) is 0 Å². The van der Waals surface area contributed by atoms with E-state index >= 15 is 0 Å². The highest BCUT2D eigenvalue weighted by atomic mass is 16.6. The number of amides is 1. The van der Waals surface area contributed by atoms with E-state index in [0.29, 0.717) is 17.9 Å². The smallest absolute Gasteiger partial charge is 0.276 e. The summed E-state index contributed by atoms with van der Waals surface area (Å²) in [6, 6.07) is 4.63. The van der Waals surface area contributed by atoms with Gasteiger partial charge in [-0.15, -0.1) is 0 Å². The molecule has 2 heterocycles. The van der Waals surface area contributed by atoms with Crippen molar-refractivity contribution in [2.45, 2.75) is 13.3 Å². The topological polar surface area (TPSA) is 85.6 Å². The zero-order valence-corrected chi connectivity index (χ0v) is 12.8. The van der Waals surface area contributed by atoms with Gasteiger partial charge in [-0.1, -0.05) is 0 Å². The van der Waals surface area contributed by atoms with Gasteiger partial charge >= 0.3 is 0 Å². The molecule has 0 bridgehead atoms. The minimum Gasteiger partial charge on any atom is -0.496 e. The number of nitro groups is 1. The summed E-state index contributed by atoms with van der Waals surface area (Å²) in [7, 11) is 1.43. The first-order valence-corrected chi connectivity index (χ1v) is 7.10. The molecule has 1 aliphatic rings. The summed E-state index contributed by atoms with van der Waals surface area (Å²) in [6.45, 7) is 2.13. The van der Waals surface area contributed by atoms with Gasteiger partial charge in [0.25, 0.3) is 11.6 Å². The molecule has 0 saturated carbocycles. The van der Waals surface area contributed by atoms with E-state index in [4.69, 9.17) is 4.74 Å². The lowest BCUT2D eigenvalue weighted by atomic mass is 10.1. The van der Waals surface area contributed by atoms with Crippen LogP contribution in [0.3, 0.4) is 0 Å². The van der Waals surface area contributed by atoms with Crippen molar-refractivity contribution in [1.82, 2.24) is 4.98 Å². The van der Waals surface area contributed by atoms with Crippen molar-refractivity contribution in [3.63, 3.8) is 0 Å². The van der Waals surface area contributed by atoms with Crippen molar-refractivity contribution in [3.05, 3.63) is 57.4 Å². The van der Waals surface area contributed by atoms with Crippen LogP contribution in [-0.4, -0.2) is 29.5 Å². The van der Waals surface area contributed by atoms with Gasteiger partial charge in [0.2, 0.25) is 0 Å². The van der Waals surface area contributed by atoms with Gasteiger partial charge in [-0.3, -0.25) is 19.9 Å². The summed E-state index contributed by atoms with van der Waals surface area (Å²) in [5.41, 5.74) is 2.31. The van der Waals surface area contributed by atoms with Gasteiger partial charge in [-0.2, -0.15) is 0 Å². The van der Waals surface area contributed by atoms with Crippen LogP contribution in [0.5, 0.6) is 5.75 Å². The molecule has 0 unspecified atom stereocenters. The second-order valence-electron chi connectivity index (χ2n) is 5.29. The maximum Gasteiger partial charge on any atom is 0.276 e. The van der Waals surface area contributed by atoms with Gasteiger partial charge in [-0.05, 0) is 31.0 Å². The van der Waals surface area contributed by atoms with Crippen molar-refractivity contribution in [1.29, 1.82) is 0 Å². The van der Waals surface area contributed by atoms with E-state index in [1.165, 1.54) is 13.2 Å². The number of nitrogens with zero attached hydrogens (tertiary/aromatic N) is 3. The van der Waals surface area contributed by atoms with Gasteiger partial charge in [0.1, 0.15) is 5.75 Å². The number of pyridine rings is 1. The summed E-state index contributed by atoms with van der Waals surface area (Å²) >= 11 is 0. The number of benzene rings is 1. The number of rotatable bonds is 3. The molecule has 3 rings (SSSR count). The second-order valence-corrected chi connectivity index (χ2v) is 5.29. The molecule has 0 aliphatic carbocycles. The molecule has 1 aromatic heterocycles. The van der Waals surface area contributed by atoms with Crippen LogP contribution in [0.1, 0.15) is 21.5 Å². The van der Waals surface area contributed by atoms with Crippen molar-refractivity contribution in [2.75, 3.05) is 18.6 Å². The highest BCUT2D eigenvalue weighted by Crippen LogP contribution is 2.32. The summed E-state index contributed by atoms with van der Waals surface area (Å²) < 4.78 is 5.17. The minimum atomic E-state index is -0.503. The first-order chi connectivity index (χ1) is 11.0. The predicted octanol–water partition coefficient (Wildman–Crippen LogP) is 2.51. The van der Waals surface area contributed by atoms with Gasteiger partial charge in [0.15, 0.2) is 0 Å². The third-order valence-electron chi connectivity index (χ3n) is 4.01. The Morgan fingerprint density at radius 3 is 2.91 bits per heavy atom. The maximum atomic E-state index is 12.8. The normalized spacial score (nSPS) is 12.9. The van der Waals surface area contributed by atoms with Crippen molar-refractivity contribution in [3.8, 4) is 5.75 Å². The Morgan fingerprint density at radius 1 is 1.43 bits per heavy atom. The molecule has 0 radical (unpaired) electrons. The van der Waals surface area contributed by atoms with Crippen molar-refractivity contribution < 1.29 is 14.5 Å². The average Bonchev–Trinajstić information content (AvgIpc) is 2.98. The monoisotopic (exact) mass is 313 g/mol. The molecule has 7 nitrogen and oxygen atoms in total. The number of ether oxygens (including phenoxy) is 1. The number of fused-ring (bicyclic) bond motifs is 1. The largest absolute Gasteiger partial charge is 0.496 e. The van der Waals surface area contributed by atoms with E-state index in [9.17, 15) is 14.9 Å². The fraction of sp³-hybridized carbons (Fsp3) is 0.250. The first-order valence-electron chi connectivity index (χ1n) is 7.10. The number of hydrogen-bond donors (Lipinski definition) is 0. The fourth-order valence-electron chi connectivity index (χ4n) is 2.79. The molecule has 2 aromatic rings. The van der Waals surface area contributed by atoms with Gasteiger partial charge in [0, 0.05) is 25.0 Å². The van der Waals surface area contributed by atoms with Crippen LogP contribution in [0.2, 0.25) is 0 Å². The van der Waals surface area contributed by atoms with Gasteiger partial charge < -0.3 is 9.64 Å². The Morgan fingerprint density at radius 2 is 2.22 bits per heavy atom. The number of methoxy groups -OCH3 is 1. The van der Waals surface area contributed by atoms with Crippen LogP contribution in [0, 0.1) is 17.0 Å². The van der Waals surface area contributed by atoms with E-state index in [2.05, 4.69) is 4.98 Å². The molecule has 1 aromatic carbocycles. The first kappa shape index (κ1) is 15.0. The molecular formula is C16H15N3O4. The SMILES string of the molecule is COc1cc(C(=O)N2CCc3cnccc32)cc([N+](=O)[O-])c1C.